The van der Waals surface area contributed by atoms with Crippen molar-refractivity contribution in [3.63, 3.8) is 0 Å². The maximum absolute atomic E-state index is 10.7. The monoisotopic (exact) mass is 237 g/mol. The van der Waals surface area contributed by atoms with Crippen molar-refractivity contribution in [2.75, 3.05) is 20.2 Å². The van der Waals surface area contributed by atoms with Crippen LogP contribution in [0.15, 0.2) is 24.3 Å². The smallest absolute Gasteiger partial charge is 0.235 e. The number of carbonyl (C=O) groups is 1. The van der Waals surface area contributed by atoms with E-state index in [4.69, 9.17) is 16.2 Å². The molecule has 1 aromatic carbocycles. The number of carbonyl (C=O) groups excluding carboxylic acids is 1. The Morgan fingerprint density at radius 2 is 2.18 bits per heavy atom. The van der Waals surface area contributed by atoms with Gasteiger partial charge in [0.05, 0.1) is 13.2 Å². The molecule has 1 rings (SSSR count). The summed E-state index contributed by atoms with van der Waals surface area (Å²) < 4.78 is 5.24. The number of hydrogen-bond donors (Lipinski definition) is 3. The van der Waals surface area contributed by atoms with Crippen molar-refractivity contribution in [2.45, 2.75) is 12.5 Å². The quantitative estimate of drug-likeness (QED) is 0.565. The van der Waals surface area contributed by atoms with Gasteiger partial charge < -0.3 is 21.5 Å². The Morgan fingerprint density at radius 3 is 2.82 bits per heavy atom. The lowest BCUT2D eigenvalue weighted by molar-refractivity contribution is -0.119. The van der Waals surface area contributed by atoms with Crippen molar-refractivity contribution in [3.8, 4) is 5.75 Å². The molecule has 1 unspecified atom stereocenters. The van der Waals surface area contributed by atoms with Gasteiger partial charge in [0, 0.05) is 6.54 Å². The first-order valence-electron chi connectivity index (χ1n) is 5.52. The molecule has 0 fully saturated rings. The Hall–Kier alpha value is -1.59. The number of methoxy groups -OCH3 is 1. The van der Waals surface area contributed by atoms with Crippen LogP contribution in [0.25, 0.3) is 0 Å². The number of primary amides is 1. The van der Waals surface area contributed by atoms with Crippen molar-refractivity contribution >= 4 is 5.91 Å². The first-order chi connectivity index (χ1) is 8.15. The first kappa shape index (κ1) is 13.5. The molecule has 1 amide bonds. The number of benzene rings is 1. The maximum Gasteiger partial charge on any atom is 0.235 e. The van der Waals surface area contributed by atoms with Crippen LogP contribution in [-0.4, -0.2) is 32.1 Å². The van der Waals surface area contributed by atoms with Crippen LogP contribution in [0.2, 0.25) is 0 Å². The van der Waals surface area contributed by atoms with Gasteiger partial charge in [-0.1, -0.05) is 18.2 Å². The Kier molecular flexibility index (Phi) is 5.45. The van der Waals surface area contributed by atoms with Crippen molar-refractivity contribution in [2.24, 2.45) is 11.5 Å². The third kappa shape index (κ3) is 4.42. The molecule has 1 atom stereocenters. The zero-order valence-corrected chi connectivity index (χ0v) is 9.98. The molecule has 5 heteroatoms. The fourth-order valence-corrected chi connectivity index (χ4v) is 1.49. The molecular formula is C12H19N3O2. The molecular weight excluding hydrogens is 218 g/mol. The number of rotatable bonds is 7. The number of nitrogens with one attached hydrogen (secondary N) is 1. The number of nitrogens with two attached hydrogens (primary N) is 2. The van der Waals surface area contributed by atoms with Crippen LogP contribution in [0.1, 0.15) is 5.56 Å². The Labute approximate surface area is 101 Å². The van der Waals surface area contributed by atoms with Crippen LogP contribution in [0.4, 0.5) is 0 Å². The molecule has 0 saturated heterocycles. The number of para-hydroxylation sites is 1. The van der Waals surface area contributed by atoms with Gasteiger partial charge in [-0.25, -0.2) is 0 Å². The van der Waals surface area contributed by atoms with Crippen molar-refractivity contribution in [1.82, 2.24) is 5.32 Å². The molecule has 0 radical (unpaired) electrons. The molecule has 0 aliphatic carbocycles. The van der Waals surface area contributed by atoms with Crippen LogP contribution in [0.5, 0.6) is 5.75 Å². The second-order valence-corrected chi connectivity index (χ2v) is 3.77. The largest absolute Gasteiger partial charge is 0.496 e. The summed E-state index contributed by atoms with van der Waals surface area (Å²) in [7, 11) is 1.65. The number of amides is 1. The van der Waals surface area contributed by atoms with E-state index in [9.17, 15) is 4.79 Å². The highest BCUT2D eigenvalue weighted by Gasteiger charge is 2.07. The highest BCUT2D eigenvalue weighted by atomic mass is 16.5. The van der Waals surface area contributed by atoms with E-state index < -0.39 is 11.9 Å². The summed E-state index contributed by atoms with van der Waals surface area (Å²) in [4.78, 5) is 10.7. The van der Waals surface area contributed by atoms with Crippen LogP contribution in [-0.2, 0) is 11.2 Å². The second-order valence-electron chi connectivity index (χ2n) is 3.77. The molecule has 0 saturated carbocycles. The van der Waals surface area contributed by atoms with Crippen LogP contribution in [0, 0.1) is 0 Å². The molecule has 0 aliphatic heterocycles. The normalized spacial score (nSPS) is 12.1. The lowest BCUT2D eigenvalue weighted by Crippen LogP contribution is -2.44. The van der Waals surface area contributed by atoms with E-state index in [1.807, 2.05) is 24.3 Å². The molecule has 1 aromatic rings. The fourth-order valence-electron chi connectivity index (χ4n) is 1.49. The van der Waals surface area contributed by atoms with E-state index in [1.54, 1.807) is 7.11 Å². The average molecular weight is 237 g/mol. The zero-order valence-electron chi connectivity index (χ0n) is 9.98. The summed E-state index contributed by atoms with van der Waals surface area (Å²) in [5.74, 6) is 0.378. The van der Waals surface area contributed by atoms with Gasteiger partial charge in [0.2, 0.25) is 5.91 Å². The minimum absolute atomic E-state index is 0.393. The standard InChI is InChI=1S/C12H19N3O2/c1-17-11-5-3-2-4-9(11)6-7-15-8-10(13)12(14)16/h2-5,10,15H,6-8,13H2,1H3,(H2,14,16). The van der Waals surface area contributed by atoms with E-state index in [1.165, 1.54) is 0 Å². The van der Waals surface area contributed by atoms with E-state index >= 15 is 0 Å². The highest BCUT2D eigenvalue weighted by molar-refractivity contribution is 5.79. The fraction of sp³-hybridized carbons (Fsp3) is 0.417. The topological polar surface area (TPSA) is 90.4 Å². The Bertz CT molecular complexity index is 369. The molecule has 0 aliphatic rings. The molecule has 94 valence electrons. The Morgan fingerprint density at radius 1 is 1.47 bits per heavy atom. The third-order valence-corrected chi connectivity index (χ3v) is 2.49. The van der Waals surface area contributed by atoms with Gasteiger partial charge in [-0.05, 0) is 24.6 Å². The molecule has 5 nitrogen and oxygen atoms in total. The van der Waals surface area contributed by atoms with Gasteiger partial charge in [-0.2, -0.15) is 0 Å². The van der Waals surface area contributed by atoms with Crippen molar-refractivity contribution in [1.29, 1.82) is 0 Å². The lowest BCUT2D eigenvalue weighted by atomic mass is 10.1. The van der Waals surface area contributed by atoms with Gasteiger partial charge >= 0.3 is 0 Å². The summed E-state index contributed by atoms with van der Waals surface area (Å²) in [5.41, 5.74) is 11.7. The van der Waals surface area contributed by atoms with E-state index in [0.717, 1.165) is 24.3 Å². The minimum atomic E-state index is -0.632. The molecule has 0 bridgehead atoms. The van der Waals surface area contributed by atoms with Crippen molar-refractivity contribution < 1.29 is 9.53 Å². The molecule has 0 heterocycles. The summed E-state index contributed by atoms with van der Waals surface area (Å²) in [6.07, 6.45) is 0.815. The molecule has 17 heavy (non-hydrogen) atoms. The zero-order chi connectivity index (χ0) is 12.7. The molecule has 0 aromatic heterocycles. The SMILES string of the molecule is COc1ccccc1CCNCC(N)C(N)=O. The van der Waals surface area contributed by atoms with Crippen molar-refractivity contribution in [3.05, 3.63) is 29.8 Å². The van der Waals surface area contributed by atoms with Gasteiger partial charge in [0.25, 0.3) is 0 Å². The van der Waals surface area contributed by atoms with E-state index in [-0.39, 0.29) is 0 Å². The van der Waals surface area contributed by atoms with Gasteiger partial charge in [-0.15, -0.1) is 0 Å². The molecule has 0 spiro atoms. The Balaban J connectivity index is 2.33. The van der Waals surface area contributed by atoms with Gasteiger partial charge in [0.15, 0.2) is 0 Å². The van der Waals surface area contributed by atoms with Gasteiger partial charge in [0.1, 0.15) is 5.75 Å². The predicted molar refractivity (Wildman–Crippen MR) is 66.7 cm³/mol. The lowest BCUT2D eigenvalue weighted by Gasteiger charge is -2.10. The minimum Gasteiger partial charge on any atom is -0.496 e. The van der Waals surface area contributed by atoms with Crippen LogP contribution < -0.4 is 21.5 Å². The van der Waals surface area contributed by atoms with Crippen LogP contribution >= 0.6 is 0 Å². The summed E-state index contributed by atoms with van der Waals surface area (Å²) in [6.45, 7) is 1.12. The molecule has 5 N–H and O–H groups in total. The van der Waals surface area contributed by atoms with E-state index in [0.29, 0.717) is 6.54 Å². The summed E-state index contributed by atoms with van der Waals surface area (Å²) >= 11 is 0. The van der Waals surface area contributed by atoms with Crippen LogP contribution in [0.3, 0.4) is 0 Å². The maximum atomic E-state index is 10.7. The number of hydrogen-bond acceptors (Lipinski definition) is 4. The summed E-state index contributed by atoms with van der Waals surface area (Å²) in [5, 5.41) is 3.08. The highest BCUT2D eigenvalue weighted by Crippen LogP contribution is 2.16. The summed E-state index contributed by atoms with van der Waals surface area (Å²) in [6, 6.07) is 7.19. The van der Waals surface area contributed by atoms with E-state index in [2.05, 4.69) is 5.32 Å². The number of ether oxygens (including phenoxy) is 1. The predicted octanol–water partition coefficient (Wildman–Crippen LogP) is -0.360. The average Bonchev–Trinajstić information content (AvgIpc) is 2.34. The van der Waals surface area contributed by atoms with Gasteiger partial charge in [-0.3, -0.25) is 4.79 Å². The third-order valence-electron chi connectivity index (χ3n) is 2.49. The second kappa shape index (κ2) is 6.88. The first-order valence-corrected chi connectivity index (χ1v) is 5.52.